The van der Waals surface area contributed by atoms with Gasteiger partial charge in [0.15, 0.2) is 0 Å². The van der Waals surface area contributed by atoms with Gasteiger partial charge in [0, 0.05) is 17.7 Å². The Morgan fingerprint density at radius 2 is 1.67 bits per heavy atom. The summed E-state index contributed by atoms with van der Waals surface area (Å²) in [6.45, 7) is 5.34. The number of H-pyrrole nitrogens is 2. The van der Waals surface area contributed by atoms with Gasteiger partial charge < -0.3 is 26.1 Å². The summed E-state index contributed by atoms with van der Waals surface area (Å²) in [7, 11) is 0. The first-order valence-corrected chi connectivity index (χ1v) is 11.3. The van der Waals surface area contributed by atoms with Crippen LogP contribution in [0.15, 0.2) is 36.7 Å². The third-order valence-electron chi connectivity index (χ3n) is 5.76. The first kappa shape index (κ1) is 22.8. The van der Waals surface area contributed by atoms with Crippen molar-refractivity contribution in [3.05, 3.63) is 70.8 Å². The summed E-state index contributed by atoms with van der Waals surface area (Å²) in [5.41, 5.74) is 9.47. The minimum Gasteiger partial charge on any atom is -0.396 e. The Balaban J connectivity index is 1.36. The van der Waals surface area contributed by atoms with Crippen LogP contribution in [0.3, 0.4) is 0 Å². The standard InChI is InChI=1S/C26H30N6O/c1-17-12-24(28-13-17)26-30-15-22(32-26)10-8-20-5-3-19(4-6-20)7-9-21-14-29-25(31-21)23(27)11-18(2)16-33/h3-6,14-15,17-18,23-24,28,33H,11-13,16,27H2,1-2H3,(H,29,31)(H,30,32)/t17-,18+,23-,24-/m0/s1. The number of nitrogens with two attached hydrogens (primary N) is 1. The largest absolute Gasteiger partial charge is 0.396 e. The average molecular weight is 443 g/mol. The molecule has 1 aliphatic rings. The zero-order valence-corrected chi connectivity index (χ0v) is 19.0. The minimum atomic E-state index is -0.246. The van der Waals surface area contributed by atoms with Crippen molar-refractivity contribution in [3.8, 4) is 23.7 Å². The third kappa shape index (κ3) is 6.12. The van der Waals surface area contributed by atoms with E-state index in [-0.39, 0.29) is 18.6 Å². The average Bonchev–Trinajstić information content (AvgIpc) is 3.57. The van der Waals surface area contributed by atoms with E-state index in [1.807, 2.05) is 31.2 Å². The van der Waals surface area contributed by atoms with E-state index in [0.29, 0.717) is 29.9 Å². The molecule has 4 atom stereocenters. The van der Waals surface area contributed by atoms with Gasteiger partial charge in [0.05, 0.1) is 24.5 Å². The molecule has 0 spiro atoms. The van der Waals surface area contributed by atoms with E-state index >= 15 is 0 Å². The van der Waals surface area contributed by atoms with Crippen molar-refractivity contribution in [1.29, 1.82) is 0 Å². The molecule has 1 aliphatic heterocycles. The first-order chi connectivity index (χ1) is 16.0. The number of aromatic amines is 2. The van der Waals surface area contributed by atoms with Crippen LogP contribution in [0.5, 0.6) is 0 Å². The van der Waals surface area contributed by atoms with Gasteiger partial charge in [-0.25, -0.2) is 9.97 Å². The minimum absolute atomic E-state index is 0.113. The fraction of sp³-hybridized carbons (Fsp3) is 0.385. The number of rotatable bonds is 5. The molecule has 33 heavy (non-hydrogen) atoms. The predicted octanol–water partition coefficient (Wildman–Crippen LogP) is 2.62. The molecule has 1 aromatic carbocycles. The van der Waals surface area contributed by atoms with E-state index in [0.717, 1.165) is 35.6 Å². The van der Waals surface area contributed by atoms with Crippen molar-refractivity contribution >= 4 is 0 Å². The van der Waals surface area contributed by atoms with E-state index in [9.17, 15) is 5.11 Å². The summed E-state index contributed by atoms with van der Waals surface area (Å²) in [6.07, 6.45) is 5.24. The lowest BCUT2D eigenvalue weighted by atomic mass is 10.0. The second-order valence-electron chi connectivity index (χ2n) is 8.87. The third-order valence-corrected chi connectivity index (χ3v) is 5.76. The molecule has 7 nitrogen and oxygen atoms in total. The summed E-state index contributed by atoms with van der Waals surface area (Å²) in [6, 6.07) is 7.86. The first-order valence-electron chi connectivity index (χ1n) is 11.3. The Bertz CT molecular complexity index is 1190. The lowest BCUT2D eigenvalue weighted by Crippen LogP contribution is -2.17. The van der Waals surface area contributed by atoms with E-state index in [2.05, 4.69) is 55.9 Å². The lowest BCUT2D eigenvalue weighted by Gasteiger charge is -2.12. The molecule has 7 heteroatoms. The number of hydrogen-bond donors (Lipinski definition) is 5. The monoisotopic (exact) mass is 442 g/mol. The second-order valence-corrected chi connectivity index (χ2v) is 8.87. The molecule has 0 unspecified atom stereocenters. The van der Waals surface area contributed by atoms with E-state index in [1.54, 1.807) is 12.4 Å². The van der Waals surface area contributed by atoms with Gasteiger partial charge in [-0.3, -0.25) is 0 Å². The molecule has 3 heterocycles. The zero-order valence-electron chi connectivity index (χ0n) is 19.0. The van der Waals surface area contributed by atoms with Crippen LogP contribution < -0.4 is 11.1 Å². The molecule has 2 aromatic heterocycles. The Hall–Kier alpha value is -3.36. The summed E-state index contributed by atoms with van der Waals surface area (Å²) in [4.78, 5) is 15.3. The number of benzene rings is 1. The molecule has 6 N–H and O–H groups in total. The SMILES string of the molecule is C[C@@H]1CN[C@H](c2ncc(C#Cc3ccc(C#Cc4cnc([C@@H](N)C[C@@H](C)CO)[nH]4)cc3)[nH]2)C1. The Labute approximate surface area is 194 Å². The molecule has 0 amide bonds. The molecule has 0 aliphatic carbocycles. The van der Waals surface area contributed by atoms with Gasteiger partial charge in [-0.15, -0.1) is 0 Å². The fourth-order valence-electron chi connectivity index (χ4n) is 3.82. The van der Waals surface area contributed by atoms with Crippen LogP contribution in [0.2, 0.25) is 0 Å². The normalized spacial score (nSPS) is 19.3. The summed E-state index contributed by atoms with van der Waals surface area (Å²) in [5.74, 6) is 15.0. The highest BCUT2D eigenvalue weighted by Crippen LogP contribution is 2.24. The predicted molar refractivity (Wildman–Crippen MR) is 128 cm³/mol. The highest BCUT2D eigenvalue weighted by Gasteiger charge is 2.24. The molecule has 3 aromatic rings. The number of nitrogens with one attached hydrogen (secondary N) is 3. The molecular formula is C26H30N6O. The van der Waals surface area contributed by atoms with Crippen molar-refractivity contribution in [2.24, 2.45) is 17.6 Å². The number of hydrogen-bond acceptors (Lipinski definition) is 5. The molecule has 0 radical (unpaired) electrons. The van der Waals surface area contributed by atoms with Crippen molar-refractivity contribution in [1.82, 2.24) is 25.3 Å². The molecule has 1 saturated heterocycles. The number of aromatic nitrogens is 4. The van der Waals surface area contributed by atoms with Gasteiger partial charge in [-0.2, -0.15) is 0 Å². The topological polar surface area (TPSA) is 116 Å². The fourth-order valence-corrected chi connectivity index (χ4v) is 3.82. The summed E-state index contributed by atoms with van der Waals surface area (Å²) in [5, 5.41) is 12.7. The number of aliphatic hydroxyl groups is 1. The van der Waals surface area contributed by atoms with E-state index in [4.69, 9.17) is 5.73 Å². The lowest BCUT2D eigenvalue weighted by molar-refractivity contribution is 0.222. The maximum Gasteiger partial charge on any atom is 0.124 e. The van der Waals surface area contributed by atoms with Crippen LogP contribution in [0.4, 0.5) is 0 Å². The highest BCUT2D eigenvalue weighted by molar-refractivity contribution is 5.45. The highest BCUT2D eigenvalue weighted by atomic mass is 16.3. The van der Waals surface area contributed by atoms with Crippen molar-refractivity contribution in [3.63, 3.8) is 0 Å². The van der Waals surface area contributed by atoms with Crippen LogP contribution in [0.1, 0.15) is 72.9 Å². The number of nitrogens with zero attached hydrogens (tertiary/aromatic N) is 2. The molecule has 4 rings (SSSR count). The van der Waals surface area contributed by atoms with Gasteiger partial charge >= 0.3 is 0 Å². The summed E-state index contributed by atoms with van der Waals surface area (Å²) >= 11 is 0. The van der Waals surface area contributed by atoms with E-state index in [1.165, 1.54) is 0 Å². The molecule has 0 bridgehead atoms. The zero-order chi connectivity index (χ0) is 23.2. The smallest absolute Gasteiger partial charge is 0.124 e. The van der Waals surface area contributed by atoms with Gasteiger partial charge in [0.25, 0.3) is 0 Å². The number of aliphatic hydroxyl groups excluding tert-OH is 1. The molecule has 170 valence electrons. The maximum atomic E-state index is 9.18. The van der Waals surface area contributed by atoms with Gasteiger partial charge in [0.2, 0.25) is 0 Å². The summed E-state index contributed by atoms with van der Waals surface area (Å²) < 4.78 is 0. The van der Waals surface area contributed by atoms with Crippen molar-refractivity contribution < 1.29 is 5.11 Å². The van der Waals surface area contributed by atoms with Crippen LogP contribution in [-0.2, 0) is 0 Å². The Morgan fingerprint density at radius 1 is 1.03 bits per heavy atom. The van der Waals surface area contributed by atoms with Gasteiger partial charge in [-0.05, 0) is 67.3 Å². The quantitative estimate of drug-likeness (QED) is 0.390. The maximum absolute atomic E-state index is 9.18. The molecule has 0 saturated carbocycles. The molecular weight excluding hydrogens is 412 g/mol. The van der Waals surface area contributed by atoms with Crippen LogP contribution >= 0.6 is 0 Å². The number of imidazole rings is 2. The van der Waals surface area contributed by atoms with Gasteiger partial charge in [0.1, 0.15) is 23.0 Å². The van der Waals surface area contributed by atoms with Crippen LogP contribution in [-0.4, -0.2) is 38.2 Å². The molecule has 1 fully saturated rings. The van der Waals surface area contributed by atoms with Crippen molar-refractivity contribution in [2.75, 3.05) is 13.2 Å². The van der Waals surface area contributed by atoms with E-state index < -0.39 is 0 Å². The van der Waals surface area contributed by atoms with Crippen LogP contribution in [0, 0.1) is 35.5 Å². The Kier molecular flexibility index (Phi) is 7.26. The second kappa shape index (κ2) is 10.5. The van der Waals surface area contributed by atoms with Crippen LogP contribution in [0.25, 0.3) is 0 Å². The van der Waals surface area contributed by atoms with Crippen molar-refractivity contribution in [2.45, 2.75) is 38.8 Å². The Morgan fingerprint density at radius 3 is 2.27 bits per heavy atom. The van der Waals surface area contributed by atoms with Gasteiger partial charge in [-0.1, -0.05) is 25.7 Å².